The van der Waals surface area contributed by atoms with E-state index in [0.717, 1.165) is 0 Å². The van der Waals surface area contributed by atoms with E-state index in [1.165, 1.54) is 4.68 Å². The molecule has 2 N–H and O–H groups in total. The zero-order valence-corrected chi connectivity index (χ0v) is 12.5. The molecule has 1 heterocycles. The first-order valence-corrected chi connectivity index (χ1v) is 6.65. The second-order valence-corrected chi connectivity index (χ2v) is 4.71. The maximum Gasteiger partial charge on any atom is 0.216 e. The summed E-state index contributed by atoms with van der Waals surface area (Å²) in [7, 11) is 0. The highest BCUT2D eigenvalue weighted by Gasteiger charge is 2.08. The topological polar surface area (TPSA) is 75.4 Å². The summed E-state index contributed by atoms with van der Waals surface area (Å²) < 4.78 is 7.18. The normalized spacial score (nSPS) is 11.2. The summed E-state index contributed by atoms with van der Waals surface area (Å²) in [5, 5.41) is 20.7. The molecule has 1 aromatic heterocycles. The molecule has 20 heavy (non-hydrogen) atoms. The summed E-state index contributed by atoms with van der Waals surface area (Å²) in [6.07, 6.45) is 1.56. The molecule has 2 aromatic rings. The van der Waals surface area contributed by atoms with Gasteiger partial charge >= 0.3 is 0 Å². The number of H-pyrrole nitrogens is 1. The van der Waals surface area contributed by atoms with Gasteiger partial charge in [-0.05, 0) is 43.8 Å². The summed E-state index contributed by atoms with van der Waals surface area (Å²) in [5.74, 6) is 0.872. The number of phenols is 1. The van der Waals surface area contributed by atoms with Gasteiger partial charge in [0.05, 0.1) is 17.8 Å². The highest BCUT2D eigenvalue weighted by molar-refractivity contribution is 7.71. The molecule has 0 aliphatic rings. The fourth-order valence-corrected chi connectivity index (χ4v) is 2.01. The standard InChI is InChI=1S/C12H13ClN4O2S/c1-3-19-10-5-8(4-9(13)11(10)18)6-14-17-7(2)15-16-12(17)20/h4-6,18H,3H2,1-2H3,(H,16,20). The Balaban J connectivity index is 2.37. The molecule has 0 aliphatic carbocycles. The molecule has 8 heteroatoms. The van der Waals surface area contributed by atoms with E-state index in [2.05, 4.69) is 15.3 Å². The second-order valence-electron chi connectivity index (χ2n) is 3.91. The van der Waals surface area contributed by atoms with Crippen LogP contribution in [0.4, 0.5) is 0 Å². The van der Waals surface area contributed by atoms with Gasteiger partial charge in [-0.2, -0.15) is 14.9 Å². The first-order valence-electron chi connectivity index (χ1n) is 5.86. The van der Waals surface area contributed by atoms with E-state index in [-0.39, 0.29) is 10.8 Å². The number of rotatable bonds is 4. The molecule has 0 unspecified atom stereocenters. The van der Waals surface area contributed by atoms with Crippen molar-refractivity contribution in [3.05, 3.63) is 33.3 Å². The molecular weight excluding hydrogens is 300 g/mol. The Bertz CT molecular complexity index is 708. The van der Waals surface area contributed by atoms with Crippen LogP contribution in [-0.4, -0.2) is 32.8 Å². The van der Waals surface area contributed by atoms with Crippen LogP contribution in [0.1, 0.15) is 18.3 Å². The summed E-state index contributed by atoms with van der Waals surface area (Å²) in [5.41, 5.74) is 0.679. The maximum atomic E-state index is 9.76. The molecule has 0 aliphatic heterocycles. The highest BCUT2D eigenvalue weighted by Crippen LogP contribution is 2.34. The first kappa shape index (κ1) is 14.5. The number of aromatic hydroxyl groups is 1. The van der Waals surface area contributed by atoms with Crippen LogP contribution in [0.3, 0.4) is 0 Å². The smallest absolute Gasteiger partial charge is 0.216 e. The molecule has 6 nitrogen and oxygen atoms in total. The number of phenolic OH excluding ortho intramolecular Hbond substituents is 1. The first-order chi connectivity index (χ1) is 9.52. The Morgan fingerprint density at radius 2 is 2.35 bits per heavy atom. The molecule has 0 radical (unpaired) electrons. The molecule has 0 bridgehead atoms. The molecule has 0 saturated carbocycles. The van der Waals surface area contributed by atoms with Crippen LogP contribution in [0.5, 0.6) is 11.5 Å². The van der Waals surface area contributed by atoms with E-state index < -0.39 is 0 Å². The molecule has 0 fully saturated rings. The summed E-state index contributed by atoms with van der Waals surface area (Å²) in [6, 6.07) is 3.23. The van der Waals surface area contributed by atoms with Gasteiger partial charge < -0.3 is 9.84 Å². The zero-order chi connectivity index (χ0) is 14.7. The third-order valence-electron chi connectivity index (χ3n) is 2.49. The zero-order valence-electron chi connectivity index (χ0n) is 10.9. The minimum Gasteiger partial charge on any atom is -0.503 e. The minimum atomic E-state index is -0.0817. The molecule has 106 valence electrons. The van der Waals surface area contributed by atoms with Crippen molar-refractivity contribution in [2.24, 2.45) is 5.10 Å². The number of hydrogen-bond acceptors (Lipinski definition) is 5. The molecule has 1 aromatic carbocycles. The molecule has 0 saturated heterocycles. The number of aromatic amines is 1. The van der Waals surface area contributed by atoms with Gasteiger partial charge in [0.1, 0.15) is 5.82 Å². The summed E-state index contributed by atoms with van der Waals surface area (Å²) in [4.78, 5) is 0. The highest BCUT2D eigenvalue weighted by atomic mass is 35.5. The lowest BCUT2D eigenvalue weighted by Crippen LogP contribution is -1.96. The van der Waals surface area contributed by atoms with Gasteiger partial charge in [0.15, 0.2) is 11.5 Å². The van der Waals surface area contributed by atoms with Crippen LogP contribution in [-0.2, 0) is 0 Å². The van der Waals surface area contributed by atoms with Crippen LogP contribution >= 0.6 is 23.8 Å². The van der Waals surface area contributed by atoms with Crippen molar-refractivity contribution in [1.29, 1.82) is 0 Å². The average molecular weight is 313 g/mol. The Labute approximate surface area is 125 Å². The Morgan fingerprint density at radius 3 is 2.95 bits per heavy atom. The number of hydrogen-bond donors (Lipinski definition) is 2. The lowest BCUT2D eigenvalue weighted by atomic mass is 10.2. The predicted molar refractivity (Wildman–Crippen MR) is 79.4 cm³/mol. The number of ether oxygens (including phenoxy) is 1. The van der Waals surface area contributed by atoms with Gasteiger partial charge in [0.2, 0.25) is 4.77 Å². The fourth-order valence-electron chi connectivity index (χ4n) is 1.56. The summed E-state index contributed by atoms with van der Waals surface area (Å²) >= 11 is 11.0. The predicted octanol–water partition coefficient (Wildman–Crippen LogP) is 2.89. The van der Waals surface area contributed by atoms with Crippen LogP contribution < -0.4 is 4.74 Å². The fraction of sp³-hybridized carbons (Fsp3) is 0.250. The molecular formula is C12H13ClN4O2S. The van der Waals surface area contributed by atoms with Crippen molar-refractivity contribution in [2.75, 3.05) is 6.61 Å². The van der Waals surface area contributed by atoms with Crippen LogP contribution in [0.25, 0.3) is 0 Å². The van der Waals surface area contributed by atoms with Crippen molar-refractivity contribution in [1.82, 2.24) is 14.9 Å². The maximum absolute atomic E-state index is 9.76. The summed E-state index contributed by atoms with van der Waals surface area (Å²) in [6.45, 7) is 4.03. The number of aryl methyl sites for hydroxylation is 1. The van der Waals surface area contributed by atoms with Crippen molar-refractivity contribution in [2.45, 2.75) is 13.8 Å². The van der Waals surface area contributed by atoms with Crippen LogP contribution in [0, 0.1) is 11.7 Å². The van der Waals surface area contributed by atoms with Crippen LogP contribution in [0.15, 0.2) is 17.2 Å². The number of nitrogens with zero attached hydrogens (tertiary/aromatic N) is 3. The minimum absolute atomic E-state index is 0.0817. The Hall–Kier alpha value is -1.86. The van der Waals surface area contributed by atoms with Crippen molar-refractivity contribution >= 4 is 30.0 Å². The lowest BCUT2D eigenvalue weighted by Gasteiger charge is -2.08. The van der Waals surface area contributed by atoms with Crippen molar-refractivity contribution in [3.8, 4) is 11.5 Å². The van der Waals surface area contributed by atoms with Gasteiger partial charge in [0.25, 0.3) is 0 Å². The number of aromatic nitrogens is 3. The van der Waals surface area contributed by atoms with Crippen molar-refractivity contribution in [3.63, 3.8) is 0 Å². The molecule has 0 atom stereocenters. The second kappa shape index (κ2) is 6.06. The Kier molecular flexibility index (Phi) is 4.41. The van der Waals surface area contributed by atoms with E-state index in [1.54, 1.807) is 25.3 Å². The van der Waals surface area contributed by atoms with Crippen molar-refractivity contribution < 1.29 is 9.84 Å². The van der Waals surface area contributed by atoms with E-state index in [4.69, 9.17) is 28.6 Å². The SMILES string of the molecule is CCOc1cc(C=Nn2c(C)n[nH]c2=S)cc(Cl)c1O. The third-order valence-corrected chi connectivity index (χ3v) is 3.04. The average Bonchev–Trinajstić information content (AvgIpc) is 2.72. The monoisotopic (exact) mass is 312 g/mol. The van der Waals surface area contributed by atoms with E-state index in [9.17, 15) is 5.11 Å². The molecule has 0 amide bonds. The molecule has 2 rings (SSSR count). The van der Waals surface area contributed by atoms with Gasteiger partial charge in [-0.15, -0.1) is 0 Å². The number of halogens is 1. The lowest BCUT2D eigenvalue weighted by molar-refractivity contribution is 0.318. The number of benzene rings is 1. The Morgan fingerprint density at radius 1 is 1.60 bits per heavy atom. The van der Waals surface area contributed by atoms with Gasteiger partial charge in [-0.25, -0.2) is 0 Å². The van der Waals surface area contributed by atoms with Gasteiger partial charge in [0, 0.05) is 0 Å². The van der Waals surface area contributed by atoms with E-state index in [0.29, 0.717) is 28.5 Å². The largest absolute Gasteiger partial charge is 0.503 e. The van der Waals surface area contributed by atoms with Crippen LogP contribution in [0.2, 0.25) is 5.02 Å². The third kappa shape index (κ3) is 3.00. The molecule has 0 spiro atoms. The number of nitrogens with one attached hydrogen (secondary N) is 1. The quantitative estimate of drug-likeness (QED) is 0.672. The van der Waals surface area contributed by atoms with Gasteiger partial charge in [-0.3, -0.25) is 5.10 Å². The van der Waals surface area contributed by atoms with Gasteiger partial charge in [-0.1, -0.05) is 11.6 Å². The van der Waals surface area contributed by atoms with E-state index in [1.807, 2.05) is 6.92 Å². The van der Waals surface area contributed by atoms with E-state index >= 15 is 0 Å².